The van der Waals surface area contributed by atoms with E-state index in [9.17, 15) is 0 Å². The van der Waals surface area contributed by atoms with Crippen LogP contribution in [0.1, 0.15) is 44.9 Å². The van der Waals surface area contributed by atoms with Gasteiger partial charge < -0.3 is 5.73 Å². The van der Waals surface area contributed by atoms with E-state index in [0.717, 1.165) is 24.3 Å². The first-order valence-electron chi connectivity index (χ1n) is 7.53. The Morgan fingerprint density at radius 2 is 1.59 bits per heavy atom. The van der Waals surface area contributed by atoms with Crippen LogP contribution in [0.25, 0.3) is 0 Å². The molecule has 1 heterocycles. The molecule has 4 aliphatic carbocycles. The zero-order valence-electron chi connectivity index (χ0n) is 10.8. The number of rotatable bonds is 2. The van der Waals surface area contributed by atoms with Gasteiger partial charge in [0.25, 0.3) is 0 Å². The SMILES string of the molecule is NCC1(C23CC4CC(CC(C4)C2)C3)CCSC1. The van der Waals surface area contributed by atoms with Crippen LogP contribution >= 0.6 is 11.8 Å². The summed E-state index contributed by atoms with van der Waals surface area (Å²) in [6.07, 6.45) is 10.7. The van der Waals surface area contributed by atoms with E-state index in [1.807, 2.05) is 0 Å². The standard InChI is InChI=1S/C15H25NS/c16-9-14(1-2-17-10-14)15-6-11-3-12(7-15)5-13(4-11)8-15/h11-13H,1-10,16H2. The monoisotopic (exact) mass is 251 g/mol. The van der Waals surface area contributed by atoms with Crippen LogP contribution in [-0.4, -0.2) is 18.1 Å². The van der Waals surface area contributed by atoms with E-state index in [1.165, 1.54) is 37.2 Å². The Bertz CT molecular complexity index is 284. The van der Waals surface area contributed by atoms with Gasteiger partial charge in [-0.15, -0.1) is 0 Å². The minimum absolute atomic E-state index is 0.535. The van der Waals surface area contributed by atoms with Gasteiger partial charge >= 0.3 is 0 Å². The van der Waals surface area contributed by atoms with Gasteiger partial charge in [0.05, 0.1) is 0 Å². The van der Waals surface area contributed by atoms with Gasteiger partial charge in [-0.3, -0.25) is 0 Å². The molecule has 5 aliphatic rings. The molecule has 1 saturated heterocycles. The lowest BCUT2D eigenvalue weighted by Crippen LogP contribution is -2.57. The lowest BCUT2D eigenvalue weighted by Gasteiger charge is -2.63. The normalized spacial score (nSPS) is 56.6. The van der Waals surface area contributed by atoms with Crippen LogP contribution in [0.4, 0.5) is 0 Å². The first kappa shape index (κ1) is 11.2. The highest BCUT2D eigenvalue weighted by Gasteiger charge is 2.60. The maximum Gasteiger partial charge on any atom is 0.000692 e. The molecule has 1 nitrogen and oxygen atoms in total. The molecule has 4 bridgehead atoms. The molecule has 0 radical (unpaired) electrons. The van der Waals surface area contributed by atoms with E-state index >= 15 is 0 Å². The second-order valence-corrected chi connectivity index (χ2v) is 8.59. The number of hydrogen-bond acceptors (Lipinski definition) is 2. The molecule has 1 atom stereocenters. The third-order valence-corrected chi connectivity index (χ3v) is 7.91. The highest BCUT2D eigenvalue weighted by molar-refractivity contribution is 7.99. The van der Waals surface area contributed by atoms with E-state index in [2.05, 4.69) is 11.8 Å². The molecule has 2 N–H and O–H groups in total. The molecule has 96 valence electrons. The lowest BCUT2D eigenvalue weighted by atomic mass is 9.42. The van der Waals surface area contributed by atoms with Crippen LogP contribution in [0.15, 0.2) is 0 Å². The smallest absolute Gasteiger partial charge is 0.000692 e. The van der Waals surface area contributed by atoms with Crippen molar-refractivity contribution >= 4 is 11.8 Å². The molecule has 2 heteroatoms. The third kappa shape index (κ3) is 1.43. The average molecular weight is 251 g/mol. The summed E-state index contributed by atoms with van der Waals surface area (Å²) in [4.78, 5) is 0. The predicted octanol–water partition coefficient (Wildman–Crippen LogP) is 3.28. The highest BCUT2D eigenvalue weighted by Crippen LogP contribution is 2.68. The van der Waals surface area contributed by atoms with Crippen molar-refractivity contribution in [1.82, 2.24) is 0 Å². The summed E-state index contributed by atoms with van der Waals surface area (Å²) in [7, 11) is 0. The summed E-state index contributed by atoms with van der Waals surface area (Å²) in [5.74, 6) is 5.98. The molecule has 5 fully saturated rings. The first-order valence-corrected chi connectivity index (χ1v) is 8.69. The van der Waals surface area contributed by atoms with Gasteiger partial charge in [-0.25, -0.2) is 0 Å². The van der Waals surface area contributed by atoms with Crippen molar-refractivity contribution in [3.63, 3.8) is 0 Å². The summed E-state index contributed by atoms with van der Waals surface area (Å²) >= 11 is 2.17. The molecule has 4 saturated carbocycles. The van der Waals surface area contributed by atoms with Crippen LogP contribution in [0.3, 0.4) is 0 Å². The van der Waals surface area contributed by atoms with Crippen LogP contribution in [0.5, 0.6) is 0 Å². The Kier molecular flexibility index (Phi) is 2.40. The van der Waals surface area contributed by atoms with Crippen molar-refractivity contribution in [3.8, 4) is 0 Å². The fourth-order valence-corrected chi connectivity index (χ4v) is 7.80. The molecule has 1 unspecified atom stereocenters. The summed E-state index contributed by atoms with van der Waals surface area (Å²) in [6, 6.07) is 0. The van der Waals surface area contributed by atoms with Crippen LogP contribution in [0.2, 0.25) is 0 Å². The maximum absolute atomic E-state index is 6.28. The summed E-state index contributed by atoms with van der Waals surface area (Å²) in [6.45, 7) is 0.964. The number of nitrogens with two attached hydrogens (primary N) is 1. The molecular weight excluding hydrogens is 226 g/mol. The second-order valence-electron chi connectivity index (χ2n) is 7.48. The van der Waals surface area contributed by atoms with Gasteiger partial charge in [-0.05, 0) is 85.8 Å². The van der Waals surface area contributed by atoms with E-state index in [4.69, 9.17) is 5.73 Å². The molecule has 1 aliphatic heterocycles. The van der Waals surface area contributed by atoms with E-state index in [0.29, 0.717) is 10.8 Å². The van der Waals surface area contributed by atoms with Gasteiger partial charge in [0, 0.05) is 5.75 Å². The van der Waals surface area contributed by atoms with E-state index in [-0.39, 0.29) is 0 Å². The number of hydrogen-bond donors (Lipinski definition) is 1. The Morgan fingerprint density at radius 1 is 1.00 bits per heavy atom. The summed E-state index contributed by atoms with van der Waals surface area (Å²) in [5, 5.41) is 0. The largest absolute Gasteiger partial charge is 0.330 e. The Morgan fingerprint density at radius 3 is 2.00 bits per heavy atom. The molecule has 5 rings (SSSR count). The van der Waals surface area contributed by atoms with Crippen LogP contribution < -0.4 is 5.73 Å². The van der Waals surface area contributed by atoms with Gasteiger partial charge in [0.15, 0.2) is 0 Å². The molecule has 0 aromatic carbocycles. The molecule has 0 aromatic heterocycles. The Balaban J connectivity index is 1.71. The summed E-state index contributed by atoms with van der Waals surface area (Å²) < 4.78 is 0. The highest BCUT2D eigenvalue weighted by atomic mass is 32.2. The molecule has 0 spiro atoms. The lowest BCUT2D eigenvalue weighted by molar-refractivity contribution is -0.119. The molecule has 0 amide bonds. The van der Waals surface area contributed by atoms with Crippen LogP contribution in [-0.2, 0) is 0 Å². The topological polar surface area (TPSA) is 26.0 Å². The van der Waals surface area contributed by atoms with Crippen molar-refractivity contribution in [2.24, 2.45) is 34.3 Å². The van der Waals surface area contributed by atoms with Gasteiger partial charge in [0.1, 0.15) is 0 Å². The quantitative estimate of drug-likeness (QED) is 0.815. The Hall–Kier alpha value is 0.310. The summed E-state index contributed by atoms with van der Waals surface area (Å²) in [5.41, 5.74) is 7.49. The van der Waals surface area contributed by atoms with E-state index in [1.54, 1.807) is 19.3 Å². The van der Waals surface area contributed by atoms with Gasteiger partial charge in [-0.1, -0.05) is 0 Å². The Labute approximate surface area is 109 Å². The fraction of sp³-hybridized carbons (Fsp3) is 1.00. The number of thioether (sulfide) groups is 1. The fourth-order valence-electron chi connectivity index (χ4n) is 6.16. The van der Waals surface area contributed by atoms with Crippen molar-refractivity contribution in [3.05, 3.63) is 0 Å². The van der Waals surface area contributed by atoms with Crippen LogP contribution in [0, 0.1) is 28.6 Å². The minimum atomic E-state index is 0.535. The average Bonchev–Trinajstić information content (AvgIpc) is 2.77. The van der Waals surface area contributed by atoms with E-state index < -0.39 is 0 Å². The zero-order valence-corrected chi connectivity index (χ0v) is 11.6. The minimum Gasteiger partial charge on any atom is -0.330 e. The van der Waals surface area contributed by atoms with Crippen molar-refractivity contribution in [2.45, 2.75) is 44.9 Å². The predicted molar refractivity (Wildman–Crippen MR) is 74.0 cm³/mol. The second kappa shape index (κ2) is 3.66. The van der Waals surface area contributed by atoms with Crippen molar-refractivity contribution in [1.29, 1.82) is 0 Å². The zero-order chi connectivity index (χ0) is 11.5. The van der Waals surface area contributed by atoms with Crippen molar-refractivity contribution < 1.29 is 0 Å². The van der Waals surface area contributed by atoms with Gasteiger partial charge in [0.2, 0.25) is 0 Å². The van der Waals surface area contributed by atoms with Gasteiger partial charge in [-0.2, -0.15) is 11.8 Å². The molecule has 17 heavy (non-hydrogen) atoms. The third-order valence-electron chi connectivity index (χ3n) is 6.66. The first-order chi connectivity index (χ1) is 8.25. The molecular formula is C15H25NS. The maximum atomic E-state index is 6.28. The molecule has 0 aromatic rings. The van der Waals surface area contributed by atoms with Crippen molar-refractivity contribution in [2.75, 3.05) is 18.1 Å².